The molecule has 1 aliphatic heterocycles. The van der Waals surface area contributed by atoms with Crippen LogP contribution >= 0.6 is 0 Å². The second kappa shape index (κ2) is 5.17. The topological polar surface area (TPSA) is 65.8 Å². The summed E-state index contributed by atoms with van der Waals surface area (Å²) in [6.45, 7) is 3.11. The minimum atomic E-state index is -1.46. The first-order valence-electron chi connectivity index (χ1n) is 6.33. The van der Waals surface area contributed by atoms with Crippen LogP contribution in [0.25, 0.3) is 10.9 Å². The molecule has 1 fully saturated rings. The number of morpholine rings is 1. The highest BCUT2D eigenvalue weighted by atomic mass is 16.5. The Balaban J connectivity index is 2.09. The number of pyridine rings is 1. The van der Waals surface area contributed by atoms with E-state index >= 15 is 0 Å². The number of nitrogens with zero attached hydrogens (tertiary/aromatic N) is 2. The molecule has 0 aliphatic carbocycles. The molecule has 0 atom stereocenters. The largest absolute Gasteiger partial charge is 0.488 e. The molecule has 1 aromatic heterocycles. The van der Waals surface area contributed by atoms with Crippen molar-refractivity contribution in [3.63, 3.8) is 0 Å². The zero-order chi connectivity index (χ0) is 13.2. The summed E-state index contributed by atoms with van der Waals surface area (Å²) in [4.78, 5) is 6.55. The molecule has 5 nitrogen and oxygen atoms in total. The Morgan fingerprint density at radius 3 is 2.68 bits per heavy atom. The maximum atomic E-state index is 9.29. The van der Waals surface area contributed by atoms with Crippen molar-refractivity contribution >= 4 is 29.2 Å². The van der Waals surface area contributed by atoms with Crippen LogP contribution in [-0.4, -0.2) is 48.5 Å². The summed E-state index contributed by atoms with van der Waals surface area (Å²) < 4.78 is 5.36. The third-order valence-corrected chi connectivity index (χ3v) is 3.39. The van der Waals surface area contributed by atoms with Crippen molar-refractivity contribution in [2.24, 2.45) is 0 Å². The van der Waals surface area contributed by atoms with E-state index < -0.39 is 7.12 Å². The molecule has 19 heavy (non-hydrogen) atoms. The van der Waals surface area contributed by atoms with Gasteiger partial charge in [-0.15, -0.1) is 0 Å². The predicted octanol–water partition coefficient (Wildman–Crippen LogP) is -0.249. The average Bonchev–Trinajstić information content (AvgIpc) is 2.47. The van der Waals surface area contributed by atoms with Gasteiger partial charge in [0.2, 0.25) is 0 Å². The second-order valence-electron chi connectivity index (χ2n) is 4.58. The maximum Gasteiger partial charge on any atom is 0.488 e. The molecule has 2 heterocycles. The molecule has 0 unspecified atom stereocenters. The molecule has 1 saturated heterocycles. The summed E-state index contributed by atoms with van der Waals surface area (Å²) in [5.74, 6) is 0. The molecule has 0 bridgehead atoms. The van der Waals surface area contributed by atoms with Gasteiger partial charge in [0.05, 0.1) is 18.7 Å². The summed E-state index contributed by atoms with van der Waals surface area (Å²) >= 11 is 0. The van der Waals surface area contributed by atoms with Gasteiger partial charge in [-0.2, -0.15) is 0 Å². The molecule has 0 saturated carbocycles. The Morgan fingerprint density at radius 2 is 1.95 bits per heavy atom. The van der Waals surface area contributed by atoms with Crippen molar-refractivity contribution < 1.29 is 14.8 Å². The lowest BCUT2D eigenvalue weighted by molar-refractivity contribution is 0.123. The van der Waals surface area contributed by atoms with Crippen LogP contribution in [0.15, 0.2) is 30.5 Å². The SMILES string of the molecule is OB(O)c1ccc2nccc(N3CCOCC3)c2c1. The summed E-state index contributed by atoms with van der Waals surface area (Å²) in [6.07, 6.45) is 1.78. The van der Waals surface area contributed by atoms with Crippen LogP contribution in [0.3, 0.4) is 0 Å². The van der Waals surface area contributed by atoms with Gasteiger partial charge in [0.1, 0.15) is 0 Å². The number of aromatic nitrogens is 1. The molecule has 1 aliphatic rings. The first kappa shape index (κ1) is 12.4. The van der Waals surface area contributed by atoms with Crippen LogP contribution in [0.4, 0.5) is 5.69 Å². The number of ether oxygens (including phenoxy) is 1. The number of hydrogen-bond donors (Lipinski definition) is 2. The van der Waals surface area contributed by atoms with Gasteiger partial charge in [-0.3, -0.25) is 4.98 Å². The van der Waals surface area contributed by atoms with Gasteiger partial charge in [-0.1, -0.05) is 12.1 Å². The Hall–Kier alpha value is -1.63. The van der Waals surface area contributed by atoms with E-state index in [0.29, 0.717) is 18.7 Å². The van der Waals surface area contributed by atoms with Crippen molar-refractivity contribution in [2.75, 3.05) is 31.2 Å². The lowest BCUT2D eigenvalue weighted by Crippen LogP contribution is -2.36. The third-order valence-electron chi connectivity index (χ3n) is 3.39. The standard InChI is InChI=1S/C13H15BN2O3/c17-14(18)10-1-2-12-11(9-10)13(3-4-15-12)16-5-7-19-8-6-16/h1-4,9,17-18H,5-8H2. The van der Waals surface area contributed by atoms with E-state index in [1.54, 1.807) is 18.3 Å². The Morgan fingerprint density at radius 1 is 1.16 bits per heavy atom. The average molecular weight is 258 g/mol. The molecule has 1 aromatic carbocycles. The minimum Gasteiger partial charge on any atom is -0.423 e. The van der Waals surface area contributed by atoms with Crippen LogP contribution in [0.2, 0.25) is 0 Å². The lowest BCUT2D eigenvalue weighted by Gasteiger charge is -2.29. The zero-order valence-corrected chi connectivity index (χ0v) is 10.5. The molecule has 3 rings (SSSR count). The molecule has 2 N–H and O–H groups in total. The third kappa shape index (κ3) is 2.42. The van der Waals surface area contributed by atoms with E-state index in [1.165, 1.54) is 0 Å². The van der Waals surface area contributed by atoms with E-state index in [0.717, 1.165) is 29.7 Å². The van der Waals surface area contributed by atoms with Gasteiger partial charge >= 0.3 is 7.12 Å². The van der Waals surface area contributed by atoms with Gasteiger partial charge < -0.3 is 19.7 Å². The van der Waals surface area contributed by atoms with Gasteiger partial charge in [-0.25, -0.2) is 0 Å². The molecular weight excluding hydrogens is 243 g/mol. The molecule has 98 valence electrons. The van der Waals surface area contributed by atoms with Gasteiger partial charge in [0, 0.05) is 30.4 Å². The minimum absolute atomic E-state index is 0.481. The van der Waals surface area contributed by atoms with Crippen LogP contribution in [0.5, 0.6) is 0 Å². The number of fused-ring (bicyclic) bond motifs is 1. The molecule has 2 aromatic rings. The van der Waals surface area contributed by atoms with Crippen LogP contribution in [0.1, 0.15) is 0 Å². The number of anilines is 1. The van der Waals surface area contributed by atoms with Gasteiger partial charge in [-0.05, 0) is 17.6 Å². The molecule has 0 amide bonds. The number of rotatable bonds is 2. The fourth-order valence-corrected chi connectivity index (χ4v) is 2.39. The van der Waals surface area contributed by atoms with E-state index in [9.17, 15) is 10.0 Å². The van der Waals surface area contributed by atoms with E-state index in [-0.39, 0.29) is 0 Å². The number of hydrogen-bond acceptors (Lipinski definition) is 5. The Bertz CT molecular complexity index is 585. The monoisotopic (exact) mass is 258 g/mol. The Kier molecular flexibility index (Phi) is 3.37. The van der Waals surface area contributed by atoms with E-state index in [4.69, 9.17) is 4.74 Å². The quantitative estimate of drug-likeness (QED) is 0.727. The van der Waals surface area contributed by atoms with Crippen LogP contribution in [0, 0.1) is 0 Å². The first-order valence-corrected chi connectivity index (χ1v) is 6.33. The first-order chi connectivity index (χ1) is 9.25. The van der Waals surface area contributed by atoms with E-state index in [2.05, 4.69) is 9.88 Å². The summed E-state index contributed by atoms with van der Waals surface area (Å²) in [7, 11) is -1.46. The maximum absolute atomic E-state index is 9.29. The van der Waals surface area contributed by atoms with Gasteiger partial charge in [0.15, 0.2) is 0 Å². The fourth-order valence-electron chi connectivity index (χ4n) is 2.39. The number of benzene rings is 1. The van der Waals surface area contributed by atoms with E-state index in [1.807, 2.05) is 12.1 Å². The van der Waals surface area contributed by atoms with Crippen molar-refractivity contribution in [1.82, 2.24) is 4.98 Å². The van der Waals surface area contributed by atoms with Crippen molar-refractivity contribution in [1.29, 1.82) is 0 Å². The van der Waals surface area contributed by atoms with Crippen molar-refractivity contribution in [2.45, 2.75) is 0 Å². The summed E-state index contributed by atoms with van der Waals surface area (Å²) in [5.41, 5.74) is 2.40. The zero-order valence-electron chi connectivity index (χ0n) is 10.5. The summed E-state index contributed by atoms with van der Waals surface area (Å²) in [6, 6.07) is 7.25. The van der Waals surface area contributed by atoms with Crippen molar-refractivity contribution in [3.8, 4) is 0 Å². The second-order valence-corrected chi connectivity index (χ2v) is 4.58. The van der Waals surface area contributed by atoms with Crippen molar-refractivity contribution in [3.05, 3.63) is 30.5 Å². The molecule has 0 spiro atoms. The van der Waals surface area contributed by atoms with Crippen LogP contribution in [-0.2, 0) is 4.74 Å². The highest BCUT2D eigenvalue weighted by molar-refractivity contribution is 6.59. The molecule has 0 radical (unpaired) electrons. The highest BCUT2D eigenvalue weighted by Crippen LogP contribution is 2.25. The lowest BCUT2D eigenvalue weighted by atomic mass is 9.79. The van der Waals surface area contributed by atoms with Crippen LogP contribution < -0.4 is 10.4 Å². The van der Waals surface area contributed by atoms with Gasteiger partial charge in [0.25, 0.3) is 0 Å². The Labute approximate surface area is 111 Å². The molecule has 6 heteroatoms. The predicted molar refractivity (Wildman–Crippen MR) is 74.6 cm³/mol. The molecular formula is C13H15BN2O3. The normalized spacial score (nSPS) is 15.8. The summed E-state index contributed by atoms with van der Waals surface area (Å²) in [5, 5.41) is 19.5. The smallest absolute Gasteiger partial charge is 0.423 e. The fraction of sp³-hybridized carbons (Fsp3) is 0.308. The highest BCUT2D eigenvalue weighted by Gasteiger charge is 2.16.